The lowest BCUT2D eigenvalue weighted by atomic mass is 10.1. The van der Waals surface area contributed by atoms with Gasteiger partial charge in [-0.15, -0.1) is 10.2 Å². The number of carbonyl (C=O) groups is 1. The molecular weight excluding hydrogens is 448 g/mol. The van der Waals surface area contributed by atoms with Gasteiger partial charge in [0.1, 0.15) is 0 Å². The highest BCUT2D eigenvalue weighted by atomic mass is 19.3. The van der Waals surface area contributed by atoms with Crippen LogP contribution in [0.25, 0.3) is 22.5 Å². The SMILES string of the molecule is O=C(O)N1CCC(n2c(=O)n(Cc3ccc(-c4nnc(C(F)F)o4)cc3)c3ccccc32)CC1. The van der Waals surface area contributed by atoms with Crippen molar-refractivity contribution < 1.29 is 23.1 Å². The number of rotatable bonds is 5. The van der Waals surface area contributed by atoms with E-state index in [1.807, 2.05) is 24.3 Å². The van der Waals surface area contributed by atoms with Crippen LogP contribution in [-0.4, -0.2) is 48.5 Å². The second-order valence-corrected chi connectivity index (χ2v) is 8.17. The molecule has 1 fully saturated rings. The minimum absolute atomic E-state index is 0.00308. The number of piperidine rings is 1. The molecule has 1 N–H and O–H groups in total. The highest BCUT2D eigenvalue weighted by Crippen LogP contribution is 2.27. The minimum Gasteiger partial charge on any atom is -0.465 e. The second kappa shape index (κ2) is 8.73. The topological polar surface area (TPSA) is 106 Å². The second-order valence-electron chi connectivity index (χ2n) is 8.17. The van der Waals surface area contributed by atoms with E-state index in [4.69, 9.17) is 4.42 Å². The Bertz CT molecular complexity index is 1380. The lowest BCUT2D eigenvalue weighted by Crippen LogP contribution is -2.40. The molecule has 0 saturated carbocycles. The maximum Gasteiger partial charge on any atom is 0.407 e. The number of aromatic nitrogens is 4. The van der Waals surface area contributed by atoms with Crippen molar-refractivity contribution in [2.24, 2.45) is 0 Å². The summed E-state index contributed by atoms with van der Waals surface area (Å²) in [6.07, 6.45) is -2.64. The summed E-state index contributed by atoms with van der Waals surface area (Å²) < 4.78 is 33.8. The zero-order chi connectivity index (χ0) is 23.8. The molecule has 1 aliphatic heterocycles. The van der Waals surface area contributed by atoms with Gasteiger partial charge in [-0.3, -0.25) is 9.13 Å². The van der Waals surface area contributed by atoms with Crippen LogP contribution >= 0.6 is 0 Å². The molecule has 3 heterocycles. The Morgan fingerprint density at radius 2 is 1.74 bits per heavy atom. The first-order chi connectivity index (χ1) is 16.4. The van der Waals surface area contributed by atoms with Crippen molar-refractivity contribution in [3.8, 4) is 11.5 Å². The standard InChI is InChI=1S/C23H21F2N5O4/c24-19(25)21-27-26-20(34-21)15-7-5-14(6-8-15)13-29-17-3-1-2-4-18(17)30(22(29)31)16-9-11-28(12-10-16)23(32)33/h1-8,16,19H,9-13H2,(H,32,33). The molecule has 5 rings (SSSR count). The molecular formula is C23H21F2N5O4. The lowest BCUT2D eigenvalue weighted by Gasteiger charge is -2.30. The number of benzene rings is 2. The van der Waals surface area contributed by atoms with Crippen LogP contribution in [0.3, 0.4) is 0 Å². The van der Waals surface area contributed by atoms with E-state index in [2.05, 4.69) is 10.2 Å². The van der Waals surface area contributed by atoms with Crippen LogP contribution < -0.4 is 5.69 Å². The van der Waals surface area contributed by atoms with Gasteiger partial charge in [-0.25, -0.2) is 9.59 Å². The Morgan fingerprint density at radius 1 is 1.06 bits per heavy atom. The van der Waals surface area contributed by atoms with Crippen molar-refractivity contribution in [3.05, 3.63) is 70.5 Å². The van der Waals surface area contributed by atoms with Crippen molar-refractivity contribution in [1.29, 1.82) is 0 Å². The zero-order valence-electron chi connectivity index (χ0n) is 18.0. The van der Waals surface area contributed by atoms with Crippen LogP contribution in [0, 0.1) is 0 Å². The van der Waals surface area contributed by atoms with E-state index in [0.29, 0.717) is 38.0 Å². The van der Waals surface area contributed by atoms with Gasteiger partial charge in [0.15, 0.2) is 0 Å². The van der Waals surface area contributed by atoms with Crippen LogP contribution in [-0.2, 0) is 6.54 Å². The number of imidazole rings is 1. The van der Waals surface area contributed by atoms with Gasteiger partial charge in [0, 0.05) is 24.7 Å². The molecule has 0 unspecified atom stereocenters. The number of halogens is 2. The molecule has 2 aromatic carbocycles. The van der Waals surface area contributed by atoms with E-state index in [1.54, 1.807) is 33.4 Å². The van der Waals surface area contributed by atoms with Crippen LogP contribution in [0.2, 0.25) is 0 Å². The van der Waals surface area contributed by atoms with Crippen molar-refractivity contribution in [2.75, 3.05) is 13.1 Å². The number of alkyl halides is 2. The molecule has 0 atom stereocenters. The predicted octanol–water partition coefficient (Wildman–Crippen LogP) is 4.15. The van der Waals surface area contributed by atoms with Gasteiger partial charge in [0.2, 0.25) is 5.89 Å². The Morgan fingerprint density at radius 3 is 2.35 bits per heavy atom. The van der Waals surface area contributed by atoms with Crippen LogP contribution in [0.1, 0.15) is 36.8 Å². The summed E-state index contributed by atoms with van der Waals surface area (Å²) >= 11 is 0. The Balaban J connectivity index is 1.43. The van der Waals surface area contributed by atoms with Crippen LogP contribution in [0.4, 0.5) is 13.6 Å². The van der Waals surface area contributed by atoms with Gasteiger partial charge in [0.25, 0.3) is 5.89 Å². The average molecular weight is 469 g/mol. The zero-order valence-corrected chi connectivity index (χ0v) is 18.0. The quantitative estimate of drug-likeness (QED) is 0.471. The molecule has 1 aliphatic rings. The van der Waals surface area contributed by atoms with Crippen molar-refractivity contribution in [2.45, 2.75) is 31.9 Å². The van der Waals surface area contributed by atoms with Gasteiger partial charge in [-0.1, -0.05) is 24.3 Å². The molecule has 0 bridgehead atoms. The first-order valence-electron chi connectivity index (χ1n) is 10.8. The van der Waals surface area contributed by atoms with Crippen LogP contribution in [0.15, 0.2) is 57.7 Å². The predicted molar refractivity (Wildman–Crippen MR) is 118 cm³/mol. The van der Waals surface area contributed by atoms with E-state index in [0.717, 1.165) is 16.6 Å². The molecule has 0 aliphatic carbocycles. The highest BCUT2D eigenvalue weighted by molar-refractivity contribution is 5.76. The largest absolute Gasteiger partial charge is 0.465 e. The van der Waals surface area contributed by atoms with Crippen molar-refractivity contribution >= 4 is 17.1 Å². The normalized spacial score (nSPS) is 14.9. The highest BCUT2D eigenvalue weighted by Gasteiger charge is 2.27. The summed E-state index contributed by atoms with van der Waals surface area (Å²) in [7, 11) is 0. The van der Waals surface area contributed by atoms with E-state index in [1.165, 1.54) is 4.90 Å². The van der Waals surface area contributed by atoms with Crippen molar-refractivity contribution in [1.82, 2.24) is 24.2 Å². The molecule has 1 amide bonds. The lowest BCUT2D eigenvalue weighted by molar-refractivity contribution is 0.116. The number of hydrogen-bond acceptors (Lipinski definition) is 5. The summed E-state index contributed by atoms with van der Waals surface area (Å²) in [5.41, 5.74) is 2.78. The minimum atomic E-state index is -2.83. The monoisotopic (exact) mass is 469 g/mol. The van der Waals surface area contributed by atoms with Gasteiger partial charge in [0.05, 0.1) is 17.6 Å². The molecule has 11 heteroatoms. The Kier molecular flexibility index (Phi) is 5.60. The maximum atomic E-state index is 13.5. The van der Waals surface area contributed by atoms with E-state index in [9.17, 15) is 23.5 Å². The van der Waals surface area contributed by atoms with E-state index >= 15 is 0 Å². The molecule has 9 nitrogen and oxygen atoms in total. The number of para-hydroxylation sites is 2. The summed E-state index contributed by atoms with van der Waals surface area (Å²) in [6, 6.07) is 14.4. The first kappa shape index (κ1) is 21.8. The van der Waals surface area contributed by atoms with Gasteiger partial charge >= 0.3 is 18.2 Å². The fraction of sp³-hybridized carbons (Fsp3) is 0.304. The summed E-state index contributed by atoms with van der Waals surface area (Å²) in [5, 5.41) is 16.2. The molecule has 34 heavy (non-hydrogen) atoms. The fourth-order valence-electron chi connectivity index (χ4n) is 4.43. The molecule has 1 saturated heterocycles. The molecule has 176 valence electrons. The average Bonchev–Trinajstić information content (AvgIpc) is 3.44. The Labute approximate surface area is 191 Å². The third-order valence-corrected chi connectivity index (χ3v) is 6.14. The molecule has 0 spiro atoms. The molecule has 4 aromatic rings. The van der Waals surface area contributed by atoms with Gasteiger partial charge in [-0.05, 0) is 42.7 Å². The number of likely N-dealkylation sites (tertiary alicyclic amines) is 1. The molecule has 0 radical (unpaired) electrons. The first-order valence-corrected chi connectivity index (χ1v) is 10.8. The summed E-state index contributed by atoms with van der Waals surface area (Å²) in [4.78, 5) is 26.1. The number of carboxylic acid groups (broad SMARTS) is 1. The van der Waals surface area contributed by atoms with Crippen molar-refractivity contribution in [3.63, 3.8) is 0 Å². The van der Waals surface area contributed by atoms with E-state index in [-0.39, 0.29) is 17.6 Å². The van der Waals surface area contributed by atoms with E-state index < -0.39 is 18.4 Å². The summed E-state index contributed by atoms with van der Waals surface area (Å²) in [6.45, 7) is 1.08. The number of hydrogen-bond donors (Lipinski definition) is 1. The Hall–Kier alpha value is -4.02. The third-order valence-electron chi connectivity index (χ3n) is 6.14. The third kappa shape index (κ3) is 3.93. The maximum absolute atomic E-state index is 13.5. The fourth-order valence-corrected chi connectivity index (χ4v) is 4.43. The van der Waals surface area contributed by atoms with Gasteiger partial charge in [-0.2, -0.15) is 8.78 Å². The molecule has 2 aromatic heterocycles. The van der Waals surface area contributed by atoms with Crippen LogP contribution in [0.5, 0.6) is 0 Å². The number of nitrogens with zero attached hydrogens (tertiary/aromatic N) is 5. The number of amides is 1. The number of fused-ring (bicyclic) bond motifs is 1. The van der Waals surface area contributed by atoms with Gasteiger partial charge < -0.3 is 14.4 Å². The smallest absolute Gasteiger partial charge is 0.407 e. The summed E-state index contributed by atoms with van der Waals surface area (Å²) in [5.74, 6) is -0.726.